The first-order chi connectivity index (χ1) is 11.3. The normalized spacial score (nSPS) is 12.2. The van der Waals surface area contributed by atoms with Crippen LogP contribution in [-0.4, -0.2) is 28.1 Å². The molecule has 1 heterocycles. The molecule has 3 aromatic rings. The molecular formula is C16H14N2O4S2. The molecule has 0 saturated carbocycles. The van der Waals surface area contributed by atoms with Gasteiger partial charge in [0.05, 0.1) is 21.0 Å². The lowest BCUT2D eigenvalue weighted by molar-refractivity contribution is 0.597. The molecule has 0 spiro atoms. The molecule has 0 unspecified atom stereocenters. The van der Waals surface area contributed by atoms with Crippen LogP contribution in [0.1, 0.15) is 0 Å². The van der Waals surface area contributed by atoms with E-state index in [4.69, 9.17) is 0 Å². The van der Waals surface area contributed by atoms with E-state index in [0.717, 1.165) is 11.6 Å². The molecule has 0 saturated heterocycles. The van der Waals surface area contributed by atoms with Gasteiger partial charge in [-0.05, 0) is 36.4 Å². The average molecular weight is 362 g/mol. The number of pyridine rings is 1. The van der Waals surface area contributed by atoms with Crippen molar-refractivity contribution in [1.82, 2.24) is 4.98 Å². The van der Waals surface area contributed by atoms with Crippen molar-refractivity contribution in [3.8, 4) is 0 Å². The summed E-state index contributed by atoms with van der Waals surface area (Å²) in [5, 5.41) is 0.810. The molecule has 0 atom stereocenters. The number of aromatic nitrogens is 1. The predicted octanol–water partition coefficient (Wildman–Crippen LogP) is 2.44. The van der Waals surface area contributed by atoms with E-state index in [-0.39, 0.29) is 9.79 Å². The second kappa shape index (κ2) is 5.88. The van der Waals surface area contributed by atoms with E-state index in [1.54, 1.807) is 24.4 Å². The fourth-order valence-corrected chi connectivity index (χ4v) is 3.95. The van der Waals surface area contributed by atoms with Crippen molar-refractivity contribution in [2.24, 2.45) is 0 Å². The van der Waals surface area contributed by atoms with Crippen LogP contribution in [-0.2, 0) is 19.9 Å². The average Bonchev–Trinajstić information content (AvgIpc) is 2.54. The van der Waals surface area contributed by atoms with E-state index in [2.05, 4.69) is 9.71 Å². The summed E-state index contributed by atoms with van der Waals surface area (Å²) in [4.78, 5) is 4.24. The predicted molar refractivity (Wildman–Crippen MR) is 92.1 cm³/mol. The van der Waals surface area contributed by atoms with Crippen molar-refractivity contribution < 1.29 is 16.8 Å². The molecule has 0 radical (unpaired) electrons. The van der Waals surface area contributed by atoms with Gasteiger partial charge in [0.15, 0.2) is 9.84 Å². The minimum Gasteiger partial charge on any atom is -0.277 e. The molecule has 0 aliphatic carbocycles. The van der Waals surface area contributed by atoms with Gasteiger partial charge in [-0.25, -0.2) is 16.8 Å². The number of para-hydroxylation sites is 1. The molecular weight excluding hydrogens is 348 g/mol. The number of fused-ring (bicyclic) bond motifs is 1. The van der Waals surface area contributed by atoms with Crippen LogP contribution in [0.3, 0.4) is 0 Å². The van der Waals surface area contributed by atoms with E-state index >= 15 is 0 Å². The van der Waals surface area contributed by atoms with Crippen LogP contribution >= 0.6 is 0 Å². The lowest BCUT2D eigenvalue weighted by Crippen LogP contribution is -2.13. The number of benzene rings is 2. The zero-order chi connectivity index (χ0) is 17.4. The summed E-state index contributed by atoms with van der Waals surface area (Å²) in [5.74, 6) is 0. The first kappa shape index (κ1) is 16.4. The Bertz CT molecular complexity index is 1100. The number of sulfonamides is 1. The summed E-state index contributed by atoms with van der Waals surface area (Å²) in [6.45, 7) is 0. The zero-order valence-electron chi connectivity index (χ0n) is 12.7. The Kier molecular flexibility index (Phi) is 4.02. The smallest absolute Gasteiger partial charge is 0.261 e. The molecule has 0 aliphatic heterocycles. The van der Waals surface area contributed by atoms with Gasteiger partial charge in [-0.3, -0.25) is 9.71 Å². The number of rotatable bonds is 4. The Morgan fingerprint density at radius 1 is 0.833 bits per heavy atom. The first-order valence-corrected chi connectivity index (χ1v) is 10.3. The Morgan fingerprint density at radius 3 is 2.12 bits per heavy atom. The van der Waals surface area contributed by atoms with Crippen molar-refractivity contribution >= 4 is 36.5 Å². The van der Waals surface area contributed by atoms with E-state index in [1.807, 2.05) is 12.1 Å². The van der Waals surface area contributed by atoms with E-state index in [9.17, 15) is 16.8 Å². The van der Waals surface area contributed by atoms with Crippen LogP contribution in [0.2, 0.25) is 0 Å². The lowest BCUT2D eigenvalue weighted by Gasteiger charge is -2.10. The van der Waals surface area contributed by atoms with Crippen molar-refractivity contribution in [3.63, 3.8) is 0 Å². The van der Waals surface area contributed by atoms with Gasteiger partial charge >= 0.3 is 0 Å². The van der Waals surface area contributed by atoms with Gasteiger partial charge < -0.3 is 0 Å². The van der Waals surface area contributed by atoms with Gasteiger partial charge in [0.2, 0.25) is 0 Å². The summed E-state index contributed by atoms with van der Waals surface area (Å²) < 4.78 is 50.4. The van der Waals surface area contributed by atoms with E-state index in [0.29, 0.717) is 11.2 Å². The number of hydrogen-bond acceptors (Lipinski definition) is 5. The summed E-state index contributed by atoms with van der Waals surface area (Å²) >= 11 is 0. The van der Waals surface area contributed by atoms with Crippen LogP contribution in [0.25, 0.3) is 10.9 Å². The number of sulfone groups is 1. The van der Waals surface area contributed by atoms with Gasteiger partial charge in [-0.15, -0.1) is 0 Å². The molecule has 2 aromatic carbocycles. The number of nitrogens with one attached hydrogen (secondary N) is 1. The summed E-state index contributed by atoms with van der Waals surface area (Å²) in [7, 11) is -7.23. The third kappa shape index (κ3) is 3.24. The maximum absolute atomic E-state index is 12.5. The molecule has 8 heteroatoms. The maximum atomic E-state index is 12.5. The SMILES string of the molecule is CS(=O)(=O)c1ccc(S(=O)(=O)Nc2cccc3cccnc23)cc1. The standard InChI is InChI=1S/C16H14N2O4S2/c1-23(19,20)13-7-9-14(10-8-13)24(21,22)18-15-6-2-4-12-5-3-11-17-16(12)15/h2-11,18H,1H3. The molecule has 6 nitrogen and oxygen atoms in total. The minimum absolute atomic E-state index is 0.0252. The molecule has 24 heavy (non-hydrogen) atoms. The van der Waals surface area contributed by atoms with Crippen molar-refractivity contribution in [2.75, 3.05) is 11.0 Å². The zero-order valence-corrected chi connectivity index (χ0v) is 14.3. The molecule has 0 amide bonds. The summed E-state index contributed by atoms with van der Waals surface area (Å²) in [6, 6.07) is 13.9. The van der Waals surface area contributed by atoms with Gasteiger partial charge in [0.25, 0.3) is 10.0 Å². The van der Waals surface area contributed by atoms with Crippen LogP contribution in [0, 0.1) is 0 Å². The summed E-state index contributed by atoms with van der Waals surface area (Å²) in [5.41, 5.74) is 0.900. The molecule has 0 aliphatic rings. The fourth-order valence-electron chi connectivity index (χ4n) is 2.26. The highest BCUT2D eigenvalue weighted by atomic mass is 32.2. The monoisotopic (exact) mass is 362 g/mol. The van der Waals surface area contributed by atoms with Crippen molar-refractivity contribution in [1.29, 1.82) is 0 Å². The van der Waals surface area contributed by atoms with Crippen LogP contribution in [0.15, 0.2) is 70.6 Å². The van der Waals surface area contributed by atoms with E-state index < -0.39 is 19.9 Å². The highest BCUT2D eigenvalue weighted by Gasteiger charge is 2.17. The summed E-state index contributed by atoms with van der Waals surface area (Å²) in [6.07, 6.45) is 2.65. The van der Waals surface area contributed by atoms with Gasteiger partial charge in [-0.1, -0.05) is 18.2 Å². The maximum Gasteiger partial charge on any atom is 0.261 e. The molecule has 0 bridgehead atoms. The lowest BCUT2D eigenvalue weighted by atomic mass is 10.2. The Labute approximate surface area is 140 Å². The van der Waals surface area contributed by atoms with Gasteiger partial charge in [0, 0.05) is 17.8 Å². The van der Waals surface area contributed by atoms with Crippen molar-refractivity contribution in [2.45, 2.75) is 9.79 Å². The first-order valence-electron chi connectivity index (χ1n) is 6.94. The number of hydrogen-bond donors (Lipinski definition) is 1. The minimum atomic E-state index is -3.85. The van der Waals surface area contributed by atoms with Gasteiger partial charge in [-0.2, -0.15) is 0 Å². The quantitative estimate of drug-likeness (QED) is 0.769. The largest absolute Gasteiger partial charge is 0.277 e. The third-order valence-electron chi connectivity index (χ3n) is 3.44. The third-order valence-corrected chi connectivity index (χ3v) is 5.95. The topological polar surface area (TPSA) is 93.2 Å². The fraction of sp³-hybridized carbons (Fsp3) is 0.0625. The number of nitrogens with zero attached hydrogens (tertiary/aromatic N) is 1. The second-order valence-electron chi connectivity index (χ2n) is 5.23. The van der Waals surface area contributed by atoms with Crippen LogP contribution in [0.5, 0.6) is 0 Å². The molecule has 3 rings (SSSR count). The van der Waals surface area contributed by atoms with Crippen LogP contribution < -0.4 is 4.72 Å². The highest BCUT2D eigenvalue weighted by molar-refractivity contribution is 7.92. The van der Waals surface area contributed by atoms with Gasteiger partial charge in [0.1, 0.15) is 0 Å². The Hall–Kier alpha value is -2.45. The second-order valence-corrected chi connectivity index (χ2v) is 8.93. The molecule has 124 valence electrons. The Morgan fingerprint density at radius 2 is 1.46 bits per heavy atom. The Balaban J connectivity index is 1.99. The molecule has 1 aromatic heterocycles. The van der Waals surface area contributed by atoms with E-state index in [1.165, 1.54) is 24.3 Å². The van der Waals surface area contributed by atoms with Crippen LogP contribution in [0.4, 0.5) is 5.69 Å². The van der Waals surface area contributed by atoms with Crippen molar-refractivity contribution in [3.05, 3.63) is 60.8 Å². The molecule has 1 N–H and O–H groups in total. The molecule has 0 fully saturated rings. The number of anilines is 1. The highest BCUT2D eigenvalue weighted by Crippen LogP contribution is 2.24.